The zero-order valence-electron chi connectivity index (χ0n) is 8.28. The summed E-state index contributed by atoms with van der Waals surface area (Å²) < 4.78 is 50.4. The van der Waals surface area contributed by atoms with Gasteiger partial charge in [-0.1, -0.05) is 6.07 Å². The van der Waals surface area contributed by atoms with Gasteiger partial charge in [0.15, 0.2) is 0 Å². The van der Waals surface area contributed by atoms with E-state index in [1.807, 2.05) is 0 Å². The molecule has 90 valence electrons. The molecule has 0 amide bonds. The van der Waals surface area contributed by atoms with E-state index in [9.17, 15) is 17.2 Å². The van der Waals surface area contributed by atoms with Crippen LogP contribution >= 0.6 is 0 Å². The predicted molar refractivity (Wildman–Crippen MR) is 54.1 cm³/mol. The van der Waals surface area contributed by atoms with Crippen LogP contribution in [0, 0.1) is 11.6 Å². The molecule has 0 atom stereocenters. The van der Waals surface area contributed by atoms with Crippen molar-refractivity contribution < 1.29 is 22.3 Å². The Bertz CT molecular complexity index is 462. The maximum absolute atomic E-state index is 13.1. The van der Waals surface area contributed by atoms with Gasteiger partial charge < -0.3 is 5.11 Å². The molecule has 0 heterocycles. The highest BCUT2D eigenvalue weighted by Crippen LogP contribution is 2.12. The van der Waals surface area contributed by atoms with Gasteiger partial charge >= 0.3 is 0 Å². The van der Waals surface area contributed by atoms with E-state index in [-0.39, 0.29) is 18.7 Å². The molecule has 0 aromatic heterocycles. The molecule has 0 fully saturated rings. The first-order valence-corrected chi connectivity index (χ1v) is 6.12. The van der Waals surface area contributed by atoms with E-state index in [0.29, 0.717) is 6.07 Å². The number of aliphatic hydroxyl groups is 1. The molecule has 7 heteroatoms. The molecule has 0 unspecified atom stereocenters. The molecule has 0 aliphatic heterocycles. The fourth-order valence-electron chi connectivity index (χ4n) is 1.10. The Balaban J connectivity index is 2.80. The molecule has 0 aliphatic carbocycles. The second-order valence-electron chi connectivity index (χ2n) is 3.11. The number of sulfonamides is 1. The molecule has 0 saturated heterocycles. The van der Waals surface area contributed by atoms with Crippen molar-refractivity contribution in [2.45, 2.75) is 5.75 Å². The van der Waals surface area contributed by atoms with Gasteiger partial charge in [-0.2, -0.15) is 0 Å². The van der Waals surface area contributed by atoms with Crippen LogP contribution in [-0.2, 0) is 15.8 Å². The van der Waals surface area contributed by atoms with Gasteiger partial charge in [-0.25, -0.2) is 21.9 Å². The maximum atomic E-state index is 13.1. The SMILES string of the molecule is O=S(=O)(Cc1ccc(F)cc1F)NCCO. The lowest BCUT2D eigenvalue weighted by atomic mass is 10.2. The summed E-state index contributed by atoms with van der Waals surface area (Å²) in [6.07, 6.45) is 0. The number of hydrogen-bond acceptors (Lipinski definition) is 3. The van der Waals surface area contributed by atoms with E-state index in [1.165, 1.54) is 0 Å². The van der Waals surface area contributed by atoms with Gasteiger partial charge in [0.1, 0.15) is 11.6 Å². The quantitative estimate of drug-likeness (QED) is 0.795. The summed E-state index contributed by atoms with van der Waals surface area (Å²) >= 11 is 0. The summed E-state index contributed by atoms with van der Waals surface area (Å²) in [5.74, 6) is -2.25. The number of halogens is 2. The summed E-state index contributed by atoms with van der Waals surface area (Å²) in [6, 6.07) is 2.68. The minimum absolute atomic E-state index is 0.119. The van der Waals surface area contributed by atoms with E-state index >= 15 is 0 Å². The lowest BCUT2D eigenvalue weighted by Crippen LogP contribution is -2.28. The van der Waals surface area contributed by atoms with E-state index in [0.717, 1.165) is 12.1 Å². The van der Waals surface area contributed by atoms with Crippen molar-refractivity contribution >= 4 is 10.0 Å². The Morgan fingerprint density at radius 1 is 1.31 bits per heavy atom. The molecule has 2 N–H and O–H groups in total. The lowest BCUT2D eigenvalue weighted by molar-refractivity contribution is 0.301. The van der Waals surface area contributed by atoms with E-state index in [1.54, 1.807) is 0 Å². The van der Waals surface area contributed by atoms with Gasteiger partial charge in [0.2, 0.25) is 10.0 Å². The highest BCUT2D eigenvalue weighted by atomic mass is 32.2. The van der Waals surface area contributed by atoms with E-state index < -0.39 is 27.4 Å². The average molecular weight is 251 g/mol. The third-order valence-corrected chi connectivity index (χ3v) is 3.13. The molecule has 0 aliphatic rings. The summed E-state index contributed by atoms with van der Waals surface area (Å²) in [5, 5.41) is 8.44. The Kier molecular flexibility index (Phi) is 4.34. The third kappa shape index (κ3) is 3.84. The average Bonchev–Trinajstić information content (AvgIpc) is 2.19. The van der Waals surface area contributed by atoms with Crippen LogP contribution in [0.1, 0.15) is 5.56 Å². The minimum atomic E-state index is -3.70. The molecule has 1 aromatic carbocycles. The fourth-order valence-corrected chi connectivity index (χ4v) is 2.24. The minimum Gasteiger partial charge on any atom is -0.395 e. The number of hydrogen-bond donors (Lipinski definition) is 2. The van der Waals surface area contributed by atoms with Crippen molar-refractivity contribution in [1.82, 2.24) is 4.72 Å². The first-order valence-electron chi connectivity index (χ1n) is 4.47. The van der Waals surface area contributed by atoms with Crippen LogP contribution < -0.4 is 4.72 Å². The van der Waals surface area contributed by atoms with Crippen LogP contribution in [0.5, 0.6) is 0 Å². The van der Waals surface area contributed by atoms with Crippen molar-refractivity contribution in [3.05, 3.63) is 35.4 Å². The Hall–Kier alpha value is -1.05. The monoisotopic (exact) mass is 251 g/mol. The van der Waals surface area contributed by atoms with E-state index in [4.69, 9.17) is 5.11 Å². The van der Waals surface area contributed by atoms with Crippen molar-refractivity contribution in [3.63, 3.8) is 0 Å². The van der Waals surface area contributed by atoms with Gasteiger partial charge in [0.25, 0.3) is 0 Å². The topological polar surface area (TPSA) is 66.4 Å². The summed E-state index contributed by atoms with van der Waals surface area (Å²) in [7, 11) is -3.70. The number of nitrogens with one attached hydrogen (secondary N) is 1. The third-order valence-electron chi connectivity index (χ3n) is 1.79. The lowest BCUT2D eigenvalue weighted by Gasteiger charge is -2.06. The van der Waals surface area contributed by atoms with Crippen LogP contribution in [0.25, 0.3) is 0 Å². The molecular weight excluding hydrogens is 240 g/mol. The van der Waals surface area contributed by atoms with Crippen LogP contribution in [0.2, 0.25) is 0 Å². The van der Waals surface area contributed by atoms with Gasteiger partial charge in [-0.15, -0.1) is 0 Å². The van der Waals surface area contributed by atoms with Crippen LogP contribution in [0.3, 0.4) is 0 Å². The summed E-state index contributed by atoms with van der Waals surface area (Å²) in [4.78, 5) is 0. The van der Waals surface area contributed by atoms with Crippen molar-refractivity contribution in [2.24, 2.45) is 0 Å². The standard InChI is InChI=1S/C9H11F2NO3S/c10-8-2-1-7(9(11)5-8)6-16(14,15)12-3-4-13/h1-2,5,12-13H,3-4,6H2. The van der Waals surface area contributed by atoms with E-state index in [2.05, 4.69) is 4.72 Å². The number of benzene rings is 1. The molecule has 0 saturated carbocycles. The van der Waals surface area contributed by atoms with Crippen LogP contribution in [-0.4, -0.2) is 26.7 Å². The van der Waals surface area contributed by atoms with Crippen molar-refractivity contribution in [3.8, 4) is 0 Å². The largest absolute Gasteiger partial charge is 0.395 e. The zero-order valence-corrected chi connectivity index (χ0v) is 9.10. The molecule has 4 nitrogen and oxygen atoms in total. The highest BCUT2D eigenvalue weighted by Gasteiger charge is 2.14. The molecule has 0 spiro atoms. The molecular formula is C9H11F2NO3S. The molecule has 1 aromatic rings. The van der Waals surface area contributed by atoms with Gasteiger partial charge in [0, 0.05) is 18.2 Å². The smallest absolute Gasteiger partial charge is 0.215 e. The first-order chi connectivity index (χ1) is 7.44. The summed E-state index contributed by atoms with van der Waals surface area (Å²) in [5.41, 5.74) is -0.119. The zero-order chi connectivity index (χ0) is 12.2. The van der Waals surface area contributed by atoms with Gasteiger partial charge in [-0.3, -0.25) is 0 Å². The molecule has 16 heavy (non-hydrogen) atoms. The Labute approximate surface area is 92.0 Å². The normalized spacial score (nSPS) is 11.7. The first kappa shape index (κ1) is 13.0. The highest BCUT2D eigenvalue weighted by molar-refractivity contribution is 7.88. The Morgan fingerprint density at radius 2 is 2.00 bits per heavy atom. The molecule has 0 radical (unpaired) electrons. The van der Waals surface area contributed by atoms with Crippen molar-refractivity contribution in [1.29, 1.82) is 0 Å². The Morgan fingerprint density at radius 3 is 2.56 bits per heavy atom. The summed E-state index contributed by atoms with van der Waals surface area (Å²) in [6.45, 7) is -0.476. The van der Waals surface area contributed by atoms with Gasteiger partial charge in [-0.05, 0) is 6.07 Å². The fraction of sp³-hybridized carbons (Fsp3) is 0.333. The van der Waals surface area contributed by atoms with Gasteiger partial charge in [0.05, 0.1) is 12.4 Å². The van der Waals surface area contributed by atoms with Crippen LogP contribution in [0.4, 0.5) is 8.78 Å². The number of rotatable bonds is 5. The second kappa shape index (κ2) is 5.33. The van der Waals surface area contributed by atoms with Crippen molar-refractivity contribution in [2.75, 3.05) is 13.2 Å². The molecule has 1 rings (SSSR count). The predicted octanol–water partition coefficient (Wildman–Crippen LogP) is 0.377. The molecule has 0 bridgehead atoms. The maximum Gasteiger partial charge on any atom is 0.215 e. The van der Waals surface area contributed by atoms with Crippen LogP contribution in [0.15, 0.2) is 18.2 Å². The number of aliphatic hydroxyl groups excluding tert-OH is 1. The second-order valence-corrected chi connectivity index (χ2v) is 4.92.